The van der Waals surface area contributed by atoms with Gasteiger partial charge in [-0.05, 0) is 42.5 Å². The zero-order valence-electron chi connectivity index (χ0n) is 15.9. The van der Waals surface area contributed by atoms with E-state index in [0.717, 1.165) is 43.9 Å². The van der Waals surface area contributed by atoms with Crippen LogP contribution in [0.3, 0.4) is 0 Å². The monoisotopic (exact) mass is 481 g/mol. The Morgan fingerprint density at radius 1 is 0.926 bits per heavy atom. The van der Waals surface area contributed by atoms with Crippen molar-refractivity contribution in [2.24, 2.45) is 4.99 Å². The highest BCUT2D eigenvalue weighted by Crippen LogP contribution is 2.06. The summed E-state index contributed by atoms with van der Waals surface area (Å²) in [7, 11) is 3.16. The highest BCUT2D eigenvalue weighted by atomic mass is 127. The molecule has 0 radical (unpaired) electrons. The van der Waals surface area contributed by atoms with Crippen molar-refractivity contribution in [3.8, 4) is 0 Å². The lowest BCUT2D eigenvalue weighted by atomic mass is 10.1. The van der Waals surface area contributed by atoms with Crippen LogP contribution in [0.15, 0.2) is 59.6 Å². The van der Waals surface area contributed by atoms with Crippen LogP contribution in [0.1, 0.15) is 27.9 Å². The first-order valence-corrected chi connectivity index (χ1v) is 8.88. The first kappa shape index (κ1) is 23.0. The molecule has 0 unspecified atom stereocenters. The summed E-state index contributed by atoms with van der Waals surface area (Å²) in [6.45, 7) is 1.65. The van der Waals surface area contributed by atoms with Gasteiger partial charge in [0.15, 0.2) is 5.96 Å². The van der Waals surface area contributed by atoms with Gasteiger partial charge in [0.1, 0.15) is 0 Å². The van der Waals surface area contributed by atoms with Crippen LogP contribution in [0.25, 0.3) is 0 Å². The number of nitrogens with one attached hydrogen (secondary N) is 2. The quantitative estimate of drug-likeness (QED) is 0.200. The third-order valence-corrected chi connectivity index (χ3v) is 4.08. The number of carbonyl (C=O) groups is 1. The smallest absolute Gasteiger partial charge is 0.337 e. The first-order chi connectivity index (χ1) is 12.7. The van der Waals surface area contributed by atoms with Gasteiger partial charge in [-0.1, -0.05) is 42.5 Å². The fraction of sp³-hybridized carbons (Fsp3) is 0.333. The fourth-order valence-electron chi connectivity index (χ4n) is 2.62. The molecule has 0 atom stereocenters. The van der Waals surface area contributed by atoms with E-state index in [1.807, 2.05) is 18.2 Å². The van der Waals surface area contributed by atoms with E-state index in [1.165, 1.54) is 12.7 Å². The third-order valence-electron chi connectivity index (χ3n) is 4.08. The number of benzene rings is 2. The van der Waals surface area contributed by atoms with Crippen LogP contribution >= 0.6 is 24.0 Å². The summed E-state index contributed by atoms with van der Waals surface area (Å²) in [6, 6.07) is 18.0. The largest absolute Gasteiger partial charge is 0.465 e. The molecule has 0 aromatic heterocycles. The molecule has 5 nitrogen and oxygen atoms in total. The number of aryl methyl sites for hydroxylation is 1. The molecule has 2 aromatic carbocycles. The van der Waals surface area contributed by atoms with Crippen LogP contribution in [-0.4, -0.2) is 39.2 Å². The molecule has 27 heavy (non-hydrogen) atoms. The molecule has 0 spiro atoms. The number of esters is 1. The second-order valence-corrected chi connectivity index (χ2v) is 5.95. The maximum atomic E-state index is 11.4. The van der Waals surface area contributed by atoms with Gasteiger partial charge >= 0.3 is 5.97 Å². The lowest BCUT2D eigenvalue weighted by Crippen LogP contribution is -2.38. The molecule has 146 valence electrons. The first-order valence-electron chi connectivity index (χ1n) is 8.88. The van der Waals surface area contributed by atoms with E-state index in [-0.39, 0.29) is 29.9 Å². The van der Waals surface area contributed by atoms with Gasteiger partial charge in [0.25, 0.3) is 0 Å². The molecule has 0 aliphatic heterocycles. The number of aliphatic imine (C=N–C) groups is 1. The highest BCUT2D eigenvalue weighted by Gasteiger charge is 2.04. The number of carbonyl (C=O) groups excluding carboxylic acids is 1. The van der Waals surface area contributed by atoms with Gasteiger partial charge in [-0.15, -0.1) is 24.0 Å². The molecule has 0 aliphatic carbocycles. The summed E-state index contributed by atoms with van der Waals surface area (Å²) in [4.78, 5) is 15.7. The summed E-state index contributed by atoms with van der Waals surface area (Å²) in [5, 5.41) is 6.65. The third kappa shape index (κ3) is 8.43. The maximum Gasteiger partial charge on any atom is 0.337 e. The molecule has 0 fully saturated rings. The van der Waals surface area contributed by atoms with Gasteiger partial charge in [-0.25, -0.2) is 4.79 Å². The summed E-state index contributed by atoms with van der Waals surface area (Å²) in [6.07, 6.45) is 2.96. The van der Waals surface area contributed by atoms with E-state index in [2.05, 4.69) is 39.9 Å². The Labute approximate surface area is 178 Å². The topological polar surface area (TPSA) is 62.7 Å². The molecule has 0 saturated carbocycles. The van der Waals surface area contributed by atoms with Gasteiger partial charge in [-0.3, -0.25) is 4.99 Å². The fourth-order valence-corrected chi connectivity index (χ4v) is 2.62. The molecule has 0 aliphatic rings. The van der Waals surface area contributed by atoms with Crippen LogP contribution in [0.5, 0.6) is 0 Å². The van der Waals surface area contributed by atoms with Crippen LogP contribution in [-0.2, 0) is 17.6 Å². The Kier molecular flexibility index (Phi) is 11.2. The number of methoxy groups -OCH3 is 1. The molecule has 0 heterocycles. The van der Waals surface area contributed by atoms with Crippen molar-refractivity contribution in [2.75, 3.05) is 27.2 Å². The second-order valence-electron chi connectivity index (χ2n) is 5.95. The van der Waals surface area contributed by atoms with E-state index < -0.39 is 0 Å². The number of nitrogens with zero attached hydrogens (tertiary/aromatic N) is 1. The van der Waals surface area contributed by atoms with Crippen molar-refractivity contribution in [3.63, 3.8) is 0 Å². The summed E-state index contributed by atoms with van der Waals surface area (Å²) < 4.78 is 4.70. The summed E-state index contributed by atoms with van der Waals surface area (Å²) in [5.41, 5.74) is 3.08. The average Bonchev–Trinajstić information content (AvgIpc) is 2.70. The predicted molar refractivity (Wildman–Crippen MR) is 121 cm³/mol. The van der Waals surface area contributed by atoms with Crippen LogP contribution in [0.4, 0.5) is 0 Å². The minimum absolute atomic E-state index is 0. The zero-order valence-corrected chi connectivity index (χ0v) is 18.2. The van der Waals surface area contributed by atoms with Gasteiger partial charge in [-0.2, -0.15) is 0 Å². The Morgan fingerprint density at radius 2 is 1.56 bits per heavy atom. The van der Waals surface area contributed by atoms with E-state index >= 15 is 0 Å². The maximum absolute atomic E-state index is 11.4. The number of hydrogen-bond acceptors (Lipinski definition) is 3. The van der Waals surface area contributed by atoms with Crippen molar-refractivity contribution < 1.29 is 9.53 Å². The average molecular weight is 481 g/mol. The Balaban J connectivity index is 0.00000364. The molecule has 2 N–H and O–H groups in total. The Hall–Kier alpha value is -2.09. The van der Waals surface area contributed by atoms with Crippen LogP contribution in [0.2, 0.25) is 0 Å². The molecule has 0 saturated heterocycles. The van der Waals surface area contributed by atoms with Crippen molar-refractivity contribution in [1.82, 2.24) is 10.6 Å². The Bertz CT molecular complexity index is 703. The van der Waals surface area contributed by atoms with Crippen molar-refractivity contribution in [2.45, 2.75) is 19.3 Å². The van der Waals surface area contributed by atoms with E-state index in [1.54, 1.807) is 19.2 Å². The van der Waals surface area contributed by atoms with Crippen molar-refractivity contribution in [1.29, 1.82) is 0 Å². The lowest BCUT2D eigenvalue weighted by Gasteiger charge is -2.12. The molecule has 2 aromatic rings. The van der Waals surface area contributed by atoms with E-state index in [4.69, 9.17) is 4.74 Å². The molecule has 2 rings (SSSR count). The number of halogens is 1. The van der Waals surface area contributed by atoms with E-state index in [0.29, 0.717) is 5.56 Å². The number of ether oxygens (including phenoxy) is 1. The van der Waals surface area contributed by atoms with Crippen molar-refractivity contribution >= 4 is 35.9 Å². The lowest BCUT2D eigenvalue weighted by molar-refractivity contribution is 0.0600. The standard InChI is InChI=1S/C21H27N3O2.HI/c1-22-21(23-15-6-9-17-7-4-3-5-8-17)24-16-14-18-10-12-19(13-11-18)20(25)26-2;/h3-5,7-8,10-13H,6,9,14-16H2,1-2H3,(H2,22,23,24);1H. The van der Waals surface area contributed by atoms with E-state index in [9.17, 15) is 4.79 Å². The SMILES string of the molecule is CN=C(NCCCc1ccccc1)NCCc1ccc(C(=O)OC)cc1.I. The highest BCUT2D eigenvalue weighted by molar-refractivity contribution is 14.0. The summed E-state index contributed by atoms with van der Waals surface area (Å²) in [5.74, 6) is 0.499. The zero-order chi connectivity index (χ0) is 18.6. The van der Waals surface area contributed by atoms with Crippen molar-refractivity contribution in [3.05, 3.63) is 71.3 Å². The van der Waals surface area contributed by atoms with Gasteiger partial charge < -0.3 is 15.4 Å². The predicted octanol–water partition coefficient (Wildman–Crippen LogP) is 3.43. The Morgan fingerprint density at radius 3 is 2.19 bits per heavy atom. The van der Waals surface area contributed by atoms with Gasteiger partial charge in [0.05, 0.1) is 12.7 Å². The molecular formula is C21H28IN3O2. The van der Waals surface area contributed by atoms with Gasteiger partial charge in [0.2, 0.25) is 0 Å². The van der Waals surface area contributed by atoms with Crippen LogP contribution < -0.4 is 10.6 Å². The number of rotatable bonds is 8. The number of hydrogen-bond donors (Lipinski definition) is 2. The van der Waals surface area contributed by atoms with Gasteiger partial charge in [0, 0.05) is 20.1 Å². The van der Waals surface area contributed by atoms with Crippen LogP contribution in [0, 0.1) is 0 Å². The summed E-state index contributed by atoms with van der Waals surface area (Å²) >= 11 is 0. The minimum Gasteiger partial charge on any atom is -0.465 e. The number of guanidine groups is 1. The molecular weight excluding hydrogens is 453 g/mol. The molecule has 0 bridgehead atoms. The normalized spacial score (nSPS) is 10.7. The molecule has 6 heteroatoms. The minimum atomic E-state index is -0.310. The molecule has 0 amide bonds. The second kappa shape index (κ2) is 13.1.